The fraction of sp³-hybridized carbons (Fsp3) is 0.562. The molecule has 0 radical (unpaired) electrons. The molecule has 1 atom stereocenters. The summed E-state index contributed by atoms with van der Waals surface area (Å²) in [5.74, 6) is 0.470. The van der Waals surface area contributed by atoms with Crippen LogP contribution in [0, 0.1) is 5.92 Å². The summed E-state index contributed by atoms with van der Waals surface area (Å²) in [4.78, 5) is 12.5. The van der Waals surface area contributed by atoms with Gasteiger partial charge in [-0.3, -0.25) is 4.79 Å². The number of carbonyl (C=O) groups is 1. The van der Waals surface area contributed by atoms with E-state index >= 15 is 0 Å². The molecule has 1 amide bonds. The molecule has 1 unspecified atom stereocenters. The van der Waals surface area contributed by atoms with E-state index in [-0.39, 0.29) is 18.6 Å². The number of aliphatic hydroxyl groups is 1. The highest BCUT2D eigenvalue weighted by atomic mass is 35.5. The van der Waals surface area contributed by atoms with E-state index in [1.807, 2.05) is 24.3 Å². The van der Waals surface area contributed by atoms with Gasteiger partial charge >= 0.3 is 0 Å². The first-order chi connectivity index (χ1) is 9.48. The summed E-state index contributed by atoms with van der Waals surface area (Å²) in [5, 5.41) is 13.1. The number of hydrogen-bond donors (Lipinski definition) is 2. The van der Waals surface area contributed by atoms with Crippen molar-refractivity contribution in [1.82, 2.24) is 5.32 Å². The second-order valence-electron chi connectivity index (χ2n) is 6.07. The molecule has 20 heavy (non-hydrogen) atoms. The minimum absolute atomic E-state index is 0.0133. The van der Waals surface area contributed by atoms with Gasteiger partial charge in [-0.15, -0.1) is 0 Å². The average molecular weight is 296 g/mol. The number of nitrogens with one attached hydrogen (secondary N) is 1. The number of benzene rings is 1. The molecule has 4 heteroatoms. The summed E-state index contributed by atoms with van der Waals surface area (Å²) in [7, 11) is 0. The maximum atomic E-state index is 12.5. The largest absolute Gasteiger partial charge is 0.394 e. The first-order valence-corrected chi connectivity index (χ1v) is 7.53. The van der Waals surface area contributed by atoms with Crippen molar-refractivity contribution in [2.24, 2.45) is 5.92 Å². The maximum absolute atomic E-state index is 12.5. The molecule has 0 bridgehead atoms. The van der Waals surface area contributed by atoms with Crippen molar-refractivity contribution in [2.45, 2.75) is 44.6 Å². The zero-order chi connectivity index (χ0) is 14.8. The Hall–Kier alpha value is -1.06. The minimum Gasteiger partial charge on any atom is -0.394 e. The van der Waals surface area contributed by atoms with Gasteiger partial charge in [-0.05, 0) is 42.9 Å². The quantitative estimate of drug-likeness (QED) is 0.848. The number of amides is 1. The first kappa shape index (κ1) is 15.3. The van der Waals surface area contributed by atoms with E-state index in [0.717, 1.165) is 24.8 Å². The van der Waals surface area contributed by atoms with Gasteiger partial charge in [-0.2, -0.15) is 0 Å². The fourth-order valence-electron chi connectivity index (χ4n) is 2.61. The van der Waals surface area contributed by atoms with Crippen LogP contribution in [0.25, 0.3) is 0 Å². The zero-order valence-electron chi connectivity index (χ0n) is 12.0. The summed E-state index contributed by atoms with van der Waals surface area (Å²) in [5.41, 5.74) is 0.607. The lowest BCUT2D eigenvalue weighted by Gasteiger charge is -2.22. The highest BCUT2D eigenvalue weighted by Gasteiger charge is 2.51. The molecule has 1 aliphatic carbocycles. The molecule has 1 saturated carbocycles. The monoisotopic (exact) mass is 295 g/mol. The lowest BCUT2D eigenvalue weighted by atomic mass is 9.94. The van der Waals surface area contributed by atoms with Crippen LogP contribution in [0.1, 0.15) is 38.7 Å². The lowest BCUT2D eigenvalue weighted by Crippen LogP contribution is -2.44. The average Bonchev–Trinajstić information content (AvgIpc) is 3.19. The normalized spacial score (nSPS) is 17.9. The van der Waals surface area contributed by atoms with Gasteiger partial charge in [0.25, 0.3) is 0 Å². The highest BCUT2D eigenvalue weighted by molar-refractivity contribution is 6.30. The molecule has 1 fully saturated rings. The van der Waals surface area contributed by atoms with E-state index in [1.165, 1.54) is 0 Å². The third-order valence-corrected chi connectivity index (χ3v) is 4.14. The van der Waals surface area contributed by atoms with E-state index < -0.39 is 5.41 Å². The lowest BCUT2D eigenvalue weighted by molar-refractivity contribution is -0.124. The van der Waals surface area contributed by atoms with Crippen LogP contribution in [-0.2, 0) is 10.2 Å². The molecule has 110 valence electrons. The Bertz CT molecular complexity index is 466. The summed E-state index contributed by atoms with van der Waals surface area (Å²) < 4.78 is 0. The van der Waals surface area contributed by atoms with Crippen molar-refractivity contribution >= 4 is 17.5 Å². The SMILES string of the molecule is CC(C)CC(CO)NC(=O)C1(c2ccc(Cl)cc2)CC1. The predicted molar refractivity (Wildman–Crippen MR) is 80.8 cm³/mol. The Morgan fingerprint density at radius 1 is 1.35 bits per heavy atom. The summed E-state index contributed by atoms with van der Waals surface area (Å²) in [6.45, 7) is 4.16. The maximum Gasteiger partial charge on any atom is 0.230 e. The summed E-state index contributed by atoms with van der Waals surface area (Å²) in [6, 6.07) is 7.33. The van der Waals surface area contributed by atoms with Crippen LogP contribution in [0.5, 0.6) is 0 Å². The molecular formula is C16H22ClNO2. The van der Waals surface area contributed by atoms with Crippen molar-refractivity contribution in [3.8, 4) is 0 Å². The van der Waals surface area contributed by atoms with E-state index in [2.05, 4.69) is 19.2 Å². The van der Waals surface area contributed by atoms with Gasteiger partial charge in [-0.25, -0.2) is 0 Å². The minimum atomic E-state index is -0.408. The molecule has 0 aromatic heterocycles. The van der Waals surface area contributed by atoms with Crippen molar-refractivity contribution in [1.29, 1.82) is 0 Å². The Balaban J connectivity index is 2.06. The summed E-state index contributed by atoms with van der Waals surface area (Å²) >= 11 is 5.89. The van der Waals surface area contributed by atoms with Crippen LogP contribution in [-0.4, -0.2) is 23.7 Å². The van der Waals surface area contributed by atoms with Crippen molar-refractivity contribution in [2.75, 3.05) is 6.61 Å². The first-order valence-electron chi connectivity index (χ1n) is 7.16. The molecule has 2 rings (SSSR count). The van der Waals surface area contributed by atoms with Gasteiger partial charge in [0.05, 0.1) is 18.1 Å². The van der Waals surface area contributed by atoms with Crippen LogP contribution in [0.4, 0.5) is 0 Å². The van der Waals surface area contributed by atoms with E-state index in [4.69, 9.17) is 11.6 Å². The molecule has 3 nitrogen and oxygen atoms in total. The van der Waals surface area contributed by atoms with E-state index in [1.54, 1.807) is 0 Å². The van der Waals surface area contributed by atoms with Crippen molar-refractivity contribution in [3.05, 3.63) is 34.9 Å². The molecule has 0 heterocycles. The highest BCUT2D eigenvalue weighted by Crippen LogP contribution is 2.48. The van der Waals surface area contributed by atoms with Crippen LogP contribution in [0.15, 0.2) is 24.3 Å². The fourth-order valence-corrected chi connectivity index (χ4v) is 2.74. The molecular weight excluding hydrogens is 274 g/mol. The number of carbonyl (C=O) groups excluding carboxylic acids is 1. The van der Waals surface area contributed by atoms with E-state index in [9.17, 15) is 9.90 Å². The molecule has 0 spiro atoms. The second kappa shape index (κ2) is 6.15. The third-order valence-electron chi connectivity index (χ3n) is 3.89. The number of aliphatic hydroxyl groups excluding tert-OH is 1. The molecule has 0 aliphatic heterocycles. The molecule has 1 aromatic carbocycles. The number of halogens is 1. The molecule has 2 N–H and O–H groups in total. The van der Waals surface area contributed by atoms with Gasteiger partial charge in [0.1, 0.15) is 0 Å². The smallest absolute Gasteiger partial charge is 0.230 e. The predicted octanol–water partition coefficient (Wildman–Crippen LogP) is 2.89. The van der Waals surface area contributed by atoms with Gasteiger partial charge in [0.2, 0.25) is 5.91 Å². The van der Waals surface area contributed by atoms with Crippen molar-refractivity contribution in [3.63, 3.8) is 0 Å². The molecule has 1 aromatic rings. The number of hydrogen-bond acceptors (Lipinski definition) is 2. The van der Waals surface area contributed by atoms with Crippen LogP contribution >= 0.6 is 11.6 Å². The topological polar surface area (TPSA) is 49.3 Å². The van der Waals surface area contributed by atoms with Crippen LogP contribution < -0.4 is 5.32 Å². The van der Waals surface area contributed by atoms with Crippen molar-refractivity contribution < 1.29 is 9.90 Å². The van der Waals surface area contributed by atoms with Crippen LogP contribution in [0.2, 0.25) is 5.02 Å². The Kier molecular flexibility index (Phi) is 4.71. The standard InChI is InChI=1S/C16H22ClNO2/c1-11(2)9-14(10-19)18-15(20)16(7-8-16)12-3-5-13(17)6-4-12/h3-6,11,14,19H,7-10H2,1-2H3,(H,18,20). The Labute approximate surface area is 125 Å². The molecule has 0 saturated heterocycles. The second-order valence-corrected chi connectivity index (χ2v) is 6.51. The third kappa shape index (κ3) is 3.33. The van der Waals surface area contributed by atoms with E-state index in [0.29, 0.717) is 10.9 Å². The Morgan fingerprint density at radius 2 is 1.95 bits per heavy atom. The van der Waals surface area contributed by atoms with Gasteiger partial charge in [0, 0.05) is 5.02 Å². The van der Waals surface area contributed by atoms with Gasteiger partial charge in [-0.1, -0.05) is 37.6 Å². The van der Waals surface area contributed by atoms with Gasteiger partial charge < -0.3 is 10.4 Å². The number of rotatable bonds is 6. The van der Waals surface area contributed by atoms with Gasteiger partial charge in [0.15, 0.2) is 0 Å². The van der Waals surface area contributed by atoms with Crippen LogP contribution in [0.3, 0.4) is 0 Å². The zero-order valence-corrected chi connectivity index (χ0v) is 12.8. The molecule has 1 aliphatic rings. The summed E-state index contributed by atoms with van der Waals surface area (Å²) in [6.07, 6.45) is 2.51. The Morgan fingerprint density at radius 3 is 2.40 bits per heavy atom.